The number of thiol groups is 1. The number of aromatic nitrogens is 2. The number of carbonyl (C=O) groups excluding carboxylic acids is 2. The van der Waals surface area contributed by atoms with Crippen molar-refractivity contribution in [1.29, 1.82) is 0 Å². The highest BCUT2D eigenvalue weighted by atomic mass is 32.1. The molecule has 0 spiro atoms. The lowest BCUT2D eigenvalue weighted by atomic mass is 9.55. The van der Waals surface area contributed by atoms with Gasteiger partial charge < -0.3 is 9.47 Å². The molecule has 5 aliphatic rings. The third kappa shape index (κ3) is 2.99. The van der Waals surface area contributed by atoms with Crippen LogP contribution in [0.4, 0.5) is 0 Å². The van der Waals surface area contributed by atoms with Crippen molar-refractivity contribution in [3.05, 3.63) is 23.0 Å². The minimum Gasteiger partial charge on any atom is -0.449 e. The van der Waals surface area contributed by atoms with E-state index < -0.39 is 5.60 Å². The van der Waals surface area contributed by atoms with Crippen LogP contribution in [0.2, 0.25) is 0 Å². The second kappa shape index (κ2) is 7.73. The number of rotatable bonds is 3. The van der Waals surface area contributed by atoms with E-state index in [2.05, 4.69) is 35.8 Å². The van der Waals surface area contributed by atoms with E-state index in [0.29, 0.717) is 43.3 Å². The van der Waals surface area contributed by atoms with Gasteiger partial charge in [0.25, 0.3) is 0 Å². The molecule has 7 heteroatoms. The lowest BCUT2D eigenvalue weighted by Gasteiger charge is -2.50. The highest BCUT2D eigenvalue weighted by Crippen LogP contribution is 2.62. The maximum Gasteiger partial charge on any atom is 0.312 e. The first-order valence-corrected chi connectivity index (χ1v) is 12.7. The molecule has 1 aliphatic heterocycles. The molecule has 1 aromatic heterocycles. The summed E-state index contributed by atoms with van der Waals surface area (Å²) in [6.45, 7) is 3.07. The van der Waals surface area contributed by atoms with Gasteiger partial charge in [0.2, 0.25) is 5.12 Å². The summed E-state index contributed by atoms with van der Waals surface area (Å²) in [7, 11) is 0. The van der Waals surface area contributed by atoms with Gasteiger partial charge in [-0.3, -0.25) is 14.7 Å². The summed E-state index contributed by atoms with van der Waals surface area (Å²) >= 11 is 4.32. The van der Waals surface area contributed by atoms with E-state index in [4.69, 9.17) is 9.47 Å². The van der Waals surface area contributed by atoms with Crippen molar-refractivity contribution in [2.45, 2.75) is 57.5 Å². The minimum absolute atomic E-state index is 0.00343. The largest absolute Gasteiger partial charge is 0.449 e. The Morgan fingerprint density at radius 2 is 2.09 bits per heavy atom. The molecule has 0 aromatic carbocycles. The Bertz CT molecular complexity index is 967. The molecule has 1 saturated heterocycles. The fraction of sp³-hybridized carbons (Fsp3) is 0.720. The number of esters is 1. The Hall–Kier alpha value is -1.60. The number of nitrogens with zero attached hydrogens (tertiary/aromatic N) is 1. The highest BCUT2D eigenvalue weighted by Gasteiger charge is 2.64. The molecule has 1 aromatic rings. The molecule has 0 amide bonds. The predicted molar refractivity (Wildman–Crippen MR) is 122 cm³/mol. The van der Waals surface area contributed by atoms with E-state index in [0.717, 1.165) is 38.5 Å². The van der Waals surface area contributed by atoms with E-state index >= 15 is 0 Å². The third-order valence-corrected chi connectivity index (χ3v) is 9.83. The Kier molecular flexibility index (Phi) is 5.06. The minimum atomic E-state index is -1.08. The molecule has 2 heterocycles. The van der Waals surface area contributed by atoms with Gasteiger partial charge in [-0.05, 0) is 80.3 Å². The van der Waals surface area contributed by atoms with Crippen molar-refractivity contribution in [3.63, 3.8) is 0 Å². The standard InChI is InChI=1S/C25H32N2O4S/c1-13-8-20-18-3-2-14-10-22-16(11-26-27-22)9-19(14)17(18)4-5-21(20)25(13,24(29)32)31-23(28)15-6-7-30-12-15/h10-11,13,15,17-21H,2-9,12H2,1H3,(H,26,27)(H,29,32). The number of carbonyl (C=O) groups is 2. The number of H-pyrrole nitrogens is 1. The molecule has 8 unspecified atom stereocenters. The summed E-state index contributed by atoms with van der Waals surface area (Å²) in [5.74, 6) is 1.76. The molecule has 4 fully saturated rings. The van der Waals surface area contributed by atoms with Crippen molar-refractivity contribution in [3.8, 4) is 0 Å². The zero-order chi connectivity index (χ0) is 22.0. The number of allylic oxidation sites excluding steroid dienone is 1. The fourth-order valence-corrected chi connectivity index (χ4v) is 8.44. The van der Waals surface area contributed by atoms with Crippen LogP contribution in [0, 0.1) is 41.4 Å². The van der Waals surface area contributed by atoms with Crippen LogP contribution in [-0.4, -0.2) is 40.1 Å². The molecule has 172 valence electrons. The molecule has 8 atom stereocenters. The summed E-state index contributed by atoms with van der Waals surface area (Å²) in [6, 6.07) is 0. The van der Waals surface area contributed by atoms with Gasteiger partial charge in [-0.1, -0.05) is 12.5 Å². The van der Waals surface area contributed by atoms with Crippen LogP contribution in [0.25, 0.3) is 6.08 Å². The normalized spacial score (nSPS) is 42.3. The number of fused-ring (bicyclic) bond motifs is 6. The zero-order valence-corrected chi connectivity index (χ0v) is 19.5. The van der Waals surface area contributed by atoms with Crippen LogP contribution in [0.3, 0.4) is 0 Å². The van der Waals surface area contributed by atoms with Gasteiger partial charge in [0.1, 0.15) is 0 Å². The zero-order valence-electron chi connectivity index (χ0n) is 18.6. The Morgan fingerprint density at radius 3 is 2.88 bits per heavy atom. The van der Waals surface area contributed by atoms with Crippen LogP contribution >= 0.6 is 12.6 Å². The van der Waals surface area contributed by atoms with Gasteiger partial charge in [0.05, 0.1) is 24.4 Å². The first kappa shape index (κ1) is 21.0. The lowest BCUT2D eigenvalue weighted by Crippen LogP contribution is -2.53. The molecule has 32 heavy (non-hydrogen) atoms. The van der Waals surface area contributed by atoms with E-state index in [-0.39, 0.29) is 28.8 Å². The van der Waals surface area contributed by atoms with Crippen LogP contribution in [0.15, 0.2) is 11.8 Å². The van der Waals surface area contributed by atoms with Crippen molar-refractivity contribution < 1.29 is 19.1 Å². The van der Waals surface area contributed by atoms with Crippen molar-refractivity contribution in [2.75, 3.05) is 13.2 Å². The molecule has 4 aliphatic carbocycles. The average molecular weight is 457 g/mol. The second-order valence-electron chi connectivity index (χ2n) is 10.8. The second-order valence-corrected chi connectivity index (χ2v) is 11.2. The van der Waals surface area contributed by atoms with Gasteiger partial charge in [0, 0.05) is 18.4 Å². The Morgan fingerprint density at radius 1 is 1.22 bits per heavy atom. The maximum absolute atomic E-state index is 13.0. The van der Waals surface area contributed by atoms with Gasteiger partial charge >= 0.3 is 5.97 Å². The van der Waals surface area contributed by atoms with Gasteiger partial charge in [-0.2, -0.15) is 5.10 Å². The van der Waals surface area contributed by atoms with Crippen LogP contribution in [0.1, 0.15) is 56.7 Å². The summed E-state index contributed by atoms with van der Waals surface area (Å²) in [6.07, 6.45) is 11.3. The first-order chi connectivity index (χ1) is 15.5. The number of hydrogen-bond acceptors (Lipinski definition) is 5. The summed E-state index contributed by atoms with van der Waals surface area (Å²) in [5.41, 5.74) is 2.99. The van der Waals surface area contributed by atoms with E-state index in [1.165, 1.54) is 11.3 Å². The average Bonchev–Trinajstić information content (AvgIpc) is 3.52. The van der Waals surface area contributed by atoms with Crippen LogP contribution in [-0.2, 0) is 25.5 Å². The number of ether oxygens (including phenoxy) is 2. The van der Waals surface area contributed by atoms with E-state index in [9.17, 15) is 9.59 Å². The topological polar surface area (TPSA) is 81.3 Å². The number of hydrogen-bond donors (Lipinski definition) is 2. The molecular formula is C25H32N2O4S. The van der Waals surface area contributed by atoms with Gasteiger partial charge in [0.15, 0.2) is 5.60 Å². The molecule has 6 nitrogen and oxygen atoms in total. The lowest BCUT2D eigenvalue weighted by molar-refractivity contribution is -0.180. The Balaban J connectivity index is 1.27. The summed E-state index contributed by atoms with van der Waals surface area (Å²) in [4.78, 5) is 26.0. The highest BCUT2D eigenvalue weighted by molar-refractivity contribution is 7.96. The molecule has 6 rings (SSSR count). The molecule has 1 N–H and O–H groups in total. The van der Waals surface area contributed by atoms with Gasteiger partial charge in [-0.25, -0.2) is 0 Å². The third-order valence-electron chi connectivity index (χ3n) is 9.48. The number of nitrogens with one attached hydrogen (secondary N) is 1. The Labute approximate surface area is 194 Å². The molecule has 0 radical (unpaired) electrons. The molecule has 0 bridgehead atoms. The van der Waals surface area contributed by atoms with E-state index in [1.807, 2.05) is 6.20 Å². The maximum atomic E-state index is 13.0. The van der Waals surface area contributed by atoms with Crippen LogP contribution < -0.4 is 0 Å². The SMILES string of the molecule is CC1CC2C3CCC4=Cc5[nH]ncc5CC4C3CCC2C1(OC(=O)C1CCOC1)C(=O)S. The predicted octanol–water partition coefficient (Wildman–Crippen LogP) is 3.83. The number of aromatic amines is 1. The van der Waals surface area contributed by atoms with Gasteiger partial charge in [-0.15, -0.1) is 12.6 Å². The van der Waals surface area contributed by atoms with E-state index in [1.54, 1.807) is 5.57 Å². The van der Waals surface area contributed by atoms with Crippen LogP contribution in [0.5, 0.6) is 0 Å². The molecule has 3 saturated carbocycles. The van der Waals surface area contributed by atoms with Crippen molar-refractivity contribution in [2.24, 2.45) is 41.4 Å². The first-order valence-electron chi connectivity index (χ1n) is 12.3. The fourth-order valence-electron chi connectivity index (χ4n) is 8.01. The summed E-state index contributed by atoms with van der Waals surface area (Å²) in [5, 5.41) is 7.13. The van der Waals surface area contributed by atoms with Crippen molar-refractivity contribution >= 4 is 29.8 Å². The quantitative estimate of drug-likeness (QED) is 0.534. The van der Waals surface area contributed by atoms with Crippen molar-refractivity contribution in [1.82, 2.24) is 10.2 Å². The summed E-state index contributed by atoms with van der Waals surface area (Å²) < 4.78 is 11.6. The molecular weight excluding hydrogens is 424 g/mol. The monoisotopic (exact) mass is 456 g/mol. The smallest absolute Gasteiger partial charge is 0.312 e.